The zero-order valence-electron chi connectivity index (χ0n) is 11.0. The van der Waals surface area contributed by atoms with E-state index in [-0.39, 0.29) is 0 Å². The van der Waals surface area contributed by atoms with Gasteiger partial charge in [0, 0.05) is 6.54 Å². The Balaban J connectivity index is 1.98. The lowest BCUT2D eigenvalue weighted by Crippen LogP contribution is -2.13. The Bertz CT molecular complexity index is 548. The van der Waals surface area contributed by atoms with Crippen molar-refractivity contribution in [3.05, 3.63) is 47.8 Å². The number of aryl methyl sites for hydroxylation is 1. The van der Waals surface area contributed by atoms with Crippen LogP contribution in [0.15, 0.2) is 41.7 Å². The molecule has 1 heterocycles. The van der Waals surface area contributed by atoms with Gasteiger partial charge in [-0.25, -0.2) is 4.98 Å². The van der Waals surface area contributed by atoms with Gasteiger partial charge in [0.25, 0.3) is 0 Å². The minimum absolute atomic E-state index is 0.413. The molecule has 1 aromatic heterocycles. The molecule has 0 aliphatic carbocycles. The van der Waals surface area contributed by atoms with E-state index >= 15 is 0 Å². The monoisotopic (exact) mass is 275 g/mol. The highest BCUT2D eigenvalue weighted by Gasteiger charge is 2.07. The van der Waals surface area contributed by atoms with Gasteiger partial charge < -0.3 is 10.4 Å². The van der Waals surface area contributed by atoms with E-state index in [2.05, 4.69) is 15.3 Å². The van der Waals surface area contributed by atoms with Crippen LogP contribution in [-0.4, -0.2) is 27.9 Å². The van der Waals surface area contributed by atoms with Crippen LogP contribution in [0.5, 0.6) is 0 Å². The molecule has 0 aliphatic heterocycles. The molecular formula is C14H17N3OS. The van der Waals surface area contributed by atoms with Crippen molar-refractivity contribution in [2.24, 2.45) is 0 Å². The third kappa shape index (κ3) is 3.94. The lowest BCUT2D eigenvalue weighted by Gasteiger charge is -2.13. The maximum absolute atomic E-state index is 10.1. The second-order valence-corrected chi connectivity index (χ2v) is 5.08. The molecular weight excluding hydrogens is 258 g/mol. The van der Waals surface area contributed by atoms with Gasteiger partial charge in [-0.05, 0) is 18.7 Å². The molecule has 0 amide bonds. The average Bonchev–Trinajstić information content (AvgIpc) is 2.45. The highest BCUT2D eigenvalue weighted by atomic mass is 32.2. The summed E-state index contributed by atoms with van der Waals surface area (Å²) in [5, 5.41) is 14.1. The fraction of sp³-hybridized carbons (Fsp3) is 0.286. The van der Waals surface area contributed by atoms with Gasteiger partial charge in [-0.3, -0.25) is 4.98 Å². The van der Waals surface area contributed by atoms with Crippen LogP contribution in [0.3, 0.4) is 0 Å². The molecule has 5 heteroatoms. The Kier molecular flexibility index (Phi) is 4.76. The van der Waals surface area contributed by atoms with Crippen LogP contribution in [-0.2, 0) is 0 Å². The topological polar surface area (TPSA) is 58.0 Å². The minimum Gasteiger partial charge on any atom is -0.387 e. The van der Waals surface area contributed by atoms with Crippen molar-refractivity contribution in [3.63, 3.8) is 0 Å². The predicted octanol–water partition coefficient (Wildman–Crippen LogP) is 2.65. The van der Waals surface area contributed by atoms with Crippen molar-refractivity contribution in [1.29, 1.82) is 0 Å². The quantitative estimate of drug-likeness (QED) is 0.822. The molecule has 0 spiro atoms. The lowest BCUT2D eigenvalue weighted by molar-refractivity contribution is 0.191. The summed E-state index contributed by atoms with van der Waals surface area (Å²) in [6.45, 7) is 2.42. The standard InChI is InChI=1S/C14H17N3OS/c1-10-4-3-5-11(6-10)12(18)7-16-13-8-15-9-14(17-13)19-2/h3-6,8-9,12,18H,7H2,1-2H3,(H,16,17). The SMILES string of the molecule is CSc1cncc(NCC(O)c2cccc(C)c2)n1. The van der Waals surface area contributed by atoms with Crippen molar-refractivity contribution in [2.75, 3.05) is 18.1 Å². The van der Waals surface area contributed by atoms with Crippen LogP contribution in [0.4, 0.5) is 5.82 Å². The van der Waals surface area contributed by atoms with Crippen molar-refractivity contribution in [2.45, 2.75) is 18.1 Å². The third-order valence-corrected chi connectivity index (χ3v) is 3.34. The summed E-state index contributed by atoms with van der Waals surface area (Å²) in [4.78, 5) is 8.45. The summed E-state index contributed by atoms with van der Waals surface area (Å²) in [5.41, 5.74) is 2.04. The molecule has 0 bridgehead atoms. The van der Waals surface area contributed by atoms with Gasteiger partial charge in [-0.2, -0.15) is 0 Å². The summed E-state index contributed by atoms with van der Waals surface area (Å²) in [5.74, 6) is 0.679. The molecule has 2 aromatic rings. The van der Waals surface area contributed by atoms with Gasteiger partial charge in [0.2, 0.25) is 0 Å². The van der Waals surface area contributed by atoms with Crippen molar-refractivity contribution >= 4 is 17.6 Å². The van der Waals surface area contributed by atoms with Gasteiger partial charge in [0.15, 0.2) is 0 Å². The molecule has 1 aromatic carbocycles. The number of hydrogen-bond acceptors (Lipinski definition) is 5. The molecule has 0 aliphatic rings. The number of aliphatic hydroxyl groups excluding tert-OH is 1. The summed E-state index contributed by atoms with van der Waals surface area (Å²) in [7, 11) is 0. The molecule has 19 heavy (non-hydrogen) atoms. The van der Waals surface area contributed by atoms with Gasteiger partial charge in [0.05, 0.1) is 18.5 Å². The number of thioether (sulfide) groups is 1. The van der Waals surface area contributed by atoms with Crippen LogP contribution >= 0.6 is 11.8 Å². The maximum atomic E-state index is 10.1. The van der Waals surface area contributed by atoms with E-state index in [9.17, 15) is 5.11 Å². The van der Waals surface area contributed by atoms with Crippen LogP contribution in [0, 0.1) is 6.92 Å². The molecule has 2 rings (SSSR count). The second kappa shape index (κ2) is 6.54. The van der Waals surface area contributed by atoms with Crippen LogP contribution in [0.2, 0.25) is 0 Å². The zero-order chi connectivity index (χ0) is 13.7. The van der Waals surface area contributed by atoms with Gasteiger partial charge in [-0.15, -0.1) is 11.8 Å². The first kappa shape index (κ1) is 13.8. The summed E-state index contributed by atoms with van der Waals surface area (Å²) in [6.07, 6.45) is 4.77. The Morgan fingerprint density at radius 3 is 2.95 bits per heavy atom. The molecule has 0 saturated heterocycles. The Labute approximate surface area is 117 Å². The van der Waals surface area contributed by atoms with E-state index in [1.165, 1.54) is 11.8 Å². The number of aliphatic hydroxyl groups is 1. The van der Waals surface area contributed by atoms with Crippen molar-refractivity contribution in [3.8, 4) is 0 Å². The van der Waals surface area contributed by atoms with Gasteiger partial charge >= 0.3 is 0 Å². The fourth-order valence-electron chi connectivity index (χ4n) is 1.73. The fourth-order valence-corrected chi connectivity index (χ4v) is 2.08. The number of anilines is 1. The van der Waals surface area contributed by atoms with Crippen molar-refractivity contribution < 1.29 is 5.11 Å². The number of aromatic nitrogens is 2. The maximum Gasteiger partial charge on any atom is 0.145 e. The Morgan fingerprint density at radius 1 is 1.37 bits per heavy atom. The minimum atomic E-state index is -0.556. The number of nitrogens with one attached hydrogen (secondary N) is 1. The Morgan fingerprint density at radius 2 is 2.21 bits per heavy atom. The highest BCUT2D eigenvalue weighted by molar-refractivity contribution is 7.98. The van der Waals surface area contributed by atoms with E-state index in [4.69, 9.17) is 0 Å². The first-order chi connectivity index (χ1) is 9.19. The third-order valence-electron chi connectivity index (χ3n) is 2.73. The molecule has 1 unspecified atom stereocenters. The zero-order valence-corrected chi connectivity index (χ0v) is 11.8. The number of hydrogen-bond donors (Lipinski definition) is 2. The lowest BCUT2D eigenvalue weighted by atomic mass is 10.1. The molecule has 2 N–H and O–H groups in total. The van der Waals surface area contributed by atoms with Crippen molar-refractivity contribution in [1.82, 2.24) is 9.97 Å². The van der Waals surface area contributed by atoms with Crippen LogP contribution in [0.1, 0.15) is 17.2 Å². The summed E-state index contributed by atoms with van der Waals surface area (Å²) in [6, 6.07) is 7.86. The second-order valence-electron chi connectivity index (χ2n) is 4.26. The van der Waals surface area contributed by atoms with E-state index in [0.717, 1.165) is 16.2 Å². The van der Waals surface area contributed by atoms with E-state index in [0.29, 0.717) is 12.4 Å². The van der Waals surface area contributed by atoms with E-state index in [1.807, 2.05) is 37.4 Å². The molecule has 4 nitrogen and oxygen atoms in total. The molecule has 100 valence electrons. The molecule has 1 atom stereocenters. The average molecular weight is 275 g/mol. The first-order valence-corrected chi connectivity index (χ1v) is 7.26. The van der Waals surface area contributed by atoms with Crippen LogP contribution in [0.25, 0.3) is 0 Å². The Hall–Kier alpha value is -1.59. The molecule has 0 saturated carbocycles. The van der Waals surface area contributed by atoms with E-state index in [1.54, 1.807) is 12.4 Å². The van der Waals surface area contributed by atoms with Gasteiger partial charge in [-0.1, -0.05) is 29.8 Å². The summed E-state index contributed by atoms with van der Waals surface area (Å²) < 4.78 is 0. The van der Waals surface area contributed by atoms with E-state index < -0.39 is 6.10 Å². The largest absolute Gasteiger partial charge is 0.387 e. The van der Waals surface area contributed by atoms with Gasteiger partial charge in [0.1, 0.15) is 10.8 Å². The molecule has 0 radical (unpaired) electrons. The number of benzene rings is 1. The smallest absolute Gasteiger partial charge is 0.145 e. The summed E-state index contributed by atoms with van der Waals surface area (Å²) >= 11 is 1.54. The normalized spacial score (nSPS) is 12.2. The van der Waals surface area contributed by atoms with Crippen LogP contribution < -0.4 is 5.32 Å². The first-order valence-electron chi connectivity index (χ1n) is 6.03. The highest BCUT2D eigenvalue weighted by Crippen LogP contribution is 2.16. The molecule has 0 fully saturated rings. The number of nitrogens with zero attached hydrogens (tertiary/aromatic N) is 2. The predicted molar refractivity (Wildman–Crippen MR) is 78.4 cm³/mol. The number of rotatable bonds is 5.